The molecule has 1 atom stereocenters. The van der Waals surface area contributed by atoms with E-state index in [1.54, 1.807) is 0 Å². The summed E-state index contributed by atoms with van der Waals surface area (Å²) in [5.41, 5.74) is -0.826. The van der Waals surface area contributed by atoms with Gasteiger partial charge in [-0.05, 0) is 12.8 Å². The molecule has 0 saturated carbocycles. The SMILES string of the molecule is CCC(C)(CO)COCOCC(CC)(CO)CO. The summed E-state index contributed by atoms with van der Waals surface area (Å²) >= 11 is 0. The van der Waals surface area contributed by atoms with Crippen LogP contribution < -0.4 is 0 Å². The second-order valence-electron chi connectivity index (χ2n) is 5.31. The van der Waals surface area contributed by atoms with E-state index in [-0.39, 0.29) is 38.6 Å². The molecule has 1 unspecified atom stereocenters. The van der Waals surface area contributed by atoms with Crippen molar-refractivity contribution in [3.63, 3.8) is 0 Å². The van der Waals surface area contributed by atoms with Gasteiger partial charge in [-0.25, -0.2) is 0 Å². The normalized spacial score (nSPS) is 15.7. The molecule has 0 radical (unpaired) electrons. The molecule has 0 aromatic carbocycles. The predicted octanol–water partition coefficient (Wildman–Crippen LogP) is 0.767. The molecule has 0 heterocycles. The molecule has 0 amide bonds. The minimum atomic E-state index is -0.589. The van der Waals surface area contributed by atoms with E-state index >= 15 is 0 Å². The van der Waals surface area contributed by atoms with Crippen LogP contribution in [0.2, 0.25) is 0 Å². The third-order valence-electron chi connectivity index (χ3n) is 3.68. The van der Waals surface area contributed by atoms with Crippen LogP contribution in [0.4, 0.5) is 0 Å². The van der Waals surface area contributed by atoms with Gasteiger partial charge in [0.05, 0.1) is 33.0 Å². The van der Waals surface area contributed by atoms with Crippen molar-refractivity contribution in [2.24, 2.45) is 10.8 Å². The van der Waals surface area contributed by atoms with Crippen LogP contribution in [-0.4, -0.2) is 55.1 Å². The third kappa shape index (κ3) is 5.63. The second kappa shape index (κ2) is 8.82. The Bertz CT molecular complexity index is 191. The zero-order valence-electron chi connectivity index (χ0n) is 11.8. The van der Waals surface area contributed by atoms with Gasteiger partial charge in [-0.15, -0.1) is 0 Å². The van der Waals surface area contributed by atoms with E-state index in [1.807, 2.05) is 20.8 Å². The van der Waals surface area contributed by atoms with Gasteiger partial charge in [0.1, 0.15) is 6.79 Å². The zero-order chi connectivity index (χ0) is 14.1. The van der Waals surface area contributed by atoms with Crippen LogP contribution in [0.25, 0.3) is 0 Å². The number of rotatable bonds is 11. The number of aliphatic hydroxyl groups excluding tert-OH is 3. The summed E-state index contributed by atoms with van der Waals surface area (Å²) in [6.45, 7) is 6.51. The van der Waals surface area contributed by atoms with E-state index in [1.165, 1.54) is 0 Å². The Kier molecular flexibility index (Phi) is 8.73. The van der Waals surface area contributed by atoms with Gasteiger partial charge in [0, 0.05) is 10.8 Å². The molecule has 5 heteroatoms. The monoisotopic (exact) mass is 264 g/mol. The topological polar surface area (TPSA) is 79.2 Å². The first-order valence-corrected chi connectivity index (χ1v) is 6.49. The van der Waals surface area contributed by atoms with Gasteiger partial charge < -0.3 is 24.8 Å². The summed E-state index contributed by atoms with van der Waals surface area (Å²) in [6.07, 6.45) is 1.47. The van der Waals surface area contributed by atoms with E-state index in [4.69, 9.17) is 9.47 Å². The van der Waals surface area contributed by atoms with Crippen molar-refractivity contribution in [3.8, 4) is 0 Å². The maximum Gasteiger partial charge on any atom is 0.146 e. The first-order chi connectivity index (χ1) is 8.51. The number of hydrogen-bond donors (Lipinski definition) is 3. The van der Waals surface area contributed by atoms with Crippen molar-refractivity contribution in [2.75, 3.05) is 39.8 Å². The standard InChI is InChI=1S/C13H28O5/c1-4-12(3,6-14)9-17-11-18-10-13(5-2,7-15)8-16/h14-16H,4-11H2,1-3H3. The minimum Gasteiger partial charge on any atom is -0.396 e. The lowest BCUT2D eigenvalue weighted by atomic mass is 9.88. The van der Waals surface area contributed by atoms with E-state index in [0.29, 0.717) is 13.0 Å². The van der Waals surface area contributed by atoms with Gasteiger partial charge in [0.25, 0.3) is 0 Å². The van der Waals surface area contributed by atoms with Gasteiger partial charge >= 0.3 is 0 Å². The van der Waals surface area contributed by atoms with Crippen LogP contribution in [-0.2, 0) is 9.47 Å². The summed E-state index contributed by atoms with van der Waals surface area (Å²) in [7, 11) is 0. The van der Waals surface area contributed by atoms with E-state index in [2.05, 4.69) is 0 Å². The van der Waals surface area contributed by atoms with Crippen molar-refractivity contribution >= 4 is 0 Å². The Hall–Kier alpha value is -0.200. The number of ether oxygens (including phenoxy) is 2. The first-order valence-electron chi connectivity index (χ1n) is 6.49. The fourth-order valence-corrected chi connectivity index (χ4v) is 1.33. The quantitative estimate of drug-likeness (QED) is 0.379. The Labute approximate surface area is 110 Å². The summed E-state index contributed by atoms with van der Waals surface area (Å²) in [4.78, 5) is 0. The molecule has 0 aliphatic rings. The smallest absolute Gasteiger partial charge is 0.146 e. The fourth-order valence-electron chi connectivity index (χ4n) is 1.33. The largest absolute Gasteiger partial charge is 0.396 e. The van der Waals surface area contributed by atoms with Crippen LogP contribution in [0, 0.1) is 10.8 Å². The van der Waals surface area contributed by atoms with E-state index < -0.39 is 5.41 Å². The molecular formula is C13H28O5. The summed E-state index contributed by atoms with van der Waals surface area (Å²) < 4.78 is 10.7. The molecular weight excluding hydrogens is 236 g/mol. The molecule has 3 N–H and O–H groups in total. The first kappa shape index (κ1) is 17.8. The summed E-state index contributed by atoms with van der Waals surface area (Å²) in [5.74, 6) is 0. The minimum absolute atomic E-state index is 0.0790. The highest BCUT2D eigenvalue weighted by molar-refractivity contribution is 4.75. The maximum atomic E-state index is 9.22. The average molecular weight is 264 g/mol. The van der Waals surface area contributed by atoms with Crippen molar-refractivity contribution in [1.82, 2.24) is 0 Å². The van der Waals surface area contributed by atoms with Crippen LogP contribution >= 0.6 is 0 Å². The van der Waals surface area contributed by atoms with Crippen molar-refractivity contribution < 1.29 is 24.8 Å². The molecule has 0 aromatic rings. The number of aliphatic hydroxyl groups is 3. The van der Waals surface area contributed by atoms with Crippen molar-refractivity contribution in [1.29, 1.82) is 0 Å². The molecule has 18 heavy (non-hydrogen) atoms. The molecule has 0 aliphatic carbocycles. The van der Waals surface area contributed by atoms with Gasteiger partial charge in [-0.1, -0.05) is 20.8 Å². The average Bonchev–Trinajstić information content (AvgIpc) is 2.43. The Morgan fingerprint density at radius 3 is 1.78 bits per heavy atom. The lowest BCUT2D eigenvalue weighted by Crippen LogP contribution is -2.35. The molecule has 0 fully saturated rings. The van der Waals surface area contributed by atoms with Gasteiger partial charge in [-0.2, -0.15) is 0 Å². The van der Waals surface area contributed by atoms with Gasteiger partial charge in [0.15, 0.2) is 0 Å². The number of hydrogen-bond acceptors (Lipinski definition) is 5. The Morgan fingerprint density at radius 2 is 1.39 bits per heavy atom. The van der Waals surface area contributed by atoms with Crippen molar-refractivity contribution in [3.05, 3.63) is 0 Å². The fraction of sp³-hybridized carbons (Fsp3) is 1.00. The van der Waals surface area contributed by atoms with Crippen molar-refractivity contribution in [2.45, 2.75) is 33.6 Å². The van der Waals surface area contributed by atoms with Gasteiger partial charge in [0.2, 0.25) is 0 Å². The highest BCUT2D eigenvalue weighted by atomic mass is 16.7. The van der Waals surface area contributed by atoms with Crippen LogP contribution in [0.3, 0.4) is 0 Å². The lowest BCUT2D eigenvalue weighted by Gasteiger charge is -2.29. The Morgan fingerprint density at radius 1 is 0.833 bits per heavy atom. The molecule has 0 bridgehead atoms. The van der Waals surface area contributed by atoms with Gasteiger partial charge in [-0.3, -0.25) is 0 Å². The predicted molar refractivity (Wildman–Crippen MR) is 69.2 cm³/mol. The molecule has 5 nitrogen and oxygen atoms in total. The van der Waals surface area contributed by atoms with E-state index in [9.17, 15) is 15.3 Å². The molecule has 0 rings (SSSR count). The third-order valence-corrected chi connectivity index (χ3v) is 3.68. The maximum absolute atomic E-state index is 9.22. The second-order valence-corrected chi connectivity index (χ2v) is 5.31. The molecule has 0 aromatic heterocycles. The summed E-state index contributed by atoms with van der Waals surface area (Å²) in [6, 6.07) is 0. The van der Waals surface area contributed by atoms with Crippen LogP contribution in [0.1, 0.15) is 33.6 Å². The highest BCUT2D eigenvalue weighted by Crippen LogP contribution is 2.22. The molecule has 0 saturated heterocycles. The molecule has 0 spiro atoms. The van der Waals surface area contributed by atoms with Crippen LogP contribution in [0.15, 0.2) is 0 Å². The van der Waals surface area contributed by atoms with E-state index in [0.717, 1.165) is 6.42 Å². The molecule has 110 valence electrons. The Balaban J connectivity index is 3.86. The lowest BCUT2D eigenvalue weighted by molar-refractivity contribution is -0.122. The molecule has 0 aliphatic heterocycles. The highest BCUT2D eigenvalue weighted by Gasteiger charge is 2.27. The summed E-state index contributed by atoms with van der Waals surface area (Å²) in [5, 5.41) is 27.6. The zero-order valence-corrected chi connectivity index (χ0v) is 11.8. The van der Waals surface area contributed by atoms with Crippen LogP contribution in [0.5, 0.6) is 0 Å².